The van der Waals surface area contributed by atoms with Crippen LogP contribution < -0.4 is 14.8 Å². The number of hydrogen-bond donors (Lipinski definition) is 2. The van der Waals surface area contributed by atoms with E-state index in [9.17, 15) is 9.59 Å². The summed E-state index contributed by atoms with van der Waals surface area (Å²) in [6, 6.07) is 5.38. The average Bonchev–Trinajstić information content (AvgIpc) is 3.35. The van der Waals surface area contributed by atoms with Gasteiger partial charge in [0.15, 0.2) is 17.2 Å². The Bertz CT molecular complexity index is 968. The first-order valence-corrected chi connectivity index (χ1v) is 10.4. The smallest absolute Gasteiger partial charge is 0.276 e. The van der Waals surface area contributed by atoms with Gasteiger partial charge >= 0.3 is 0 Å². The van der Waals surface area contributed by atoms with Crippen LogP contribution in [0.15, 0.2) is 18.2 Å². The number of likely N-dealkylation sites (tertiary alicyclic amines) is 1. The first kappa shape index (κ1) is 20.3. The highest BCUT2D eigenvalue weighted by Crippen LogP contribution is 2.42. The van der Waals surface area contributed by atoms with Crippen LogP contribution in [0.4, 0.5) is 5.69 Å². The molecule has 8 nitrogen and oxygen atoms in total. The lowest BCUT2D eigenvalue weighted by Gasteiger charge is -2.44. The summed E-state index contributed by atoms with van der Waals surface area (Å²) < 4.78 is 10.9. The number of rotatable bonds is 6. The molecule has 0 unspecified atom stereocenters. The second-order valence-electron chi connectivity index (χ2n) is 8.29. The zero-order chi connectivity index (χ0) is 21.4. The van der Waals surface area contributed by atoms with Crippen molar-refractivity contribution in [3.05, 3.63) is 35.2 Å². The van der Waals surface area contributed by atoms with Crippen molar-refractivity contribution in [1.82, 2.24) is 15.1 Å². The lowest BCUT2D eigenvalue weighted by atomic mass is 9.91. The number of carbonyl (C=O) groups is 2. The third-order valence-electron chi connectivity index (χ3n) is 6.14. The van der Waals surface area contributed by atoms with Crippen LogP contribution in [-0.4, -0.2) is 53.7 Å². The molecule has 0 spiro atoms. The van der Waals surface area contributed by atoms with E-state index in [1.807, 2.05) is 18.7 Å². The number of hydrogen-bond acceptors (Lipinski definition) is 5. The Balaban J connectivity index is 1.61. The number of benzene rings is 1. The van der Waals surface area contributed by atoms with Crippen LogP contribution in [-0.2, 0) is 0 Å². The summed E-state index contributed by atoms with van der Waals surface area (Å²) >= 11 is 0. The van der Waals surface area contributed by atoms with Crippen LogP contribution in [0.2, 0.25) is 0 Å². The number of carbonyl (C=O) groups excluding carboxylic acids is 2. The van der Waals surface area contributed by atoms with E-state index < -0.39 is 0 Å². The molecule has 0 bridgehead atoms. The van der Waals surface area contributed by atoms with Crippen LogP contribution in [0.1, 0.15) is 65.6 Å². The van der Waals surface area contributed by atoms with Crippen molar-refractivity contribution in [2.45, 2.75) is 45.1 Å². The maximum absolute atomic E-state index is 13.1. The third kappa shape index (κ3) is 3.51. The molecule has 160 valence electrons. The number of nitrogens with one attached hydrogen (secondary N) is 2. The number of methoxy groups -OCH3 is 2. The molecule has 1 aromatic carbocycles. The Kier molecular flexibility index (Phi) is 5.40. The highest BCUT2D eigenvalue weighted by Gasteiger charge is 2.44. The predicted molar refractivity (Wildman–Crippen MR) is 112 cm³/mol. The minimum atomic E-state index is -0.386. The molecule has 1 saturated heterocycles. The largest absolute Gasteiger partial charge is 0.493 e. The van der Waals surface area contributed by atoms with Gasteiger partial charge in [0.2, 0.25) is 0 Å². The minimum absolute atomic E-state index is 0.0449. The molecule has 2 heterocycles. The van der Waals surface area contributed by atoms with Gasteiger partial charge in [-0.05, 0) is 42.9 Å². The predicted octanol–water partition coefficient (Wildman–Crippen LogP) is 3.43. The molecule has 4 rings (SSSR count). The van der Waals surface area contributed by atoms with Crippen LogP contribution in [0.3, 0.4) is 0 Å². The van der Waals surface area contributed by atoms with Gasteiger partial charge in [0.25, 0.3) is 11.8 Å². The average molecular weight is 412 g/mol. The number of aromatic amines is 1. The van der Waals surface area contributed by atoms with Crippen molar-refractivity contribution in [3.63, 3.8) is 0 Å². The van der Waals surface area contributed by atoms with Gasteiger partial charge in [-0.25, -0.2) is 0 Å². The molecule has 2 atom stereocenters. The van der Waals surface area contributed by atoms with Crippen molar-refractivity contribution < 1.29 is 19.1 Å². The topological polar surface area (TPSA) is 96.6 Å². The molecule has 2 aromatic rings. The van der Waals surface area contributed by atoms with Crippen molar-refractivity contribution in [2.24, 2.45) is 5.92 Å². The third-order valence-corrected chi connectivity index (χ3v) is 6.14. The molecule has 1 aromatic heterocycles. The SMILES string of the molecule is COc1cc(C(=O)N2C[C@@H]3CCC[C@@H]32)cc(NC(=O)c2cc(C(C)C)[nH]n2)c1OC. The van der Waals surface area contributed by atoms with Crippen molar-refractivity contribution in [1.29, 1.82) is 0 Å². The molecule has 1 saturated carbocycles. The quantitative estimate of drug-likeness (QED) is 0.758. The molecule has 1 aliphatic carbocycles. The summed E-state index contributed by atoms with van der Waals surface area (Å²) in [5.74, 6) is 1.18. The lowest BCUT2D eigenvalue weighted by Crippen LogP contribution is -2.55. The lowest BCUT2D eigenvalue weighted by molar-refractivity contribution is 0.0269. The Morgan fingerprint density at radius 2 is 2.00 bits per heavy atom. The number of amides is 2. The van der Waals surface area contributed by atoms with Gasteiger partial charge in [0.1, 0.15) is 0 Å². The van der Waals surface area contributed by atoms with Gasteiger partial charge in [-0.3, -0.25) is 14.7 Å². The van der Waals surface area contributed by atoms with E-state index in [4.69, 9.17) is 9.47 Å². The molecular formula is C22H28N4O4. The Hall–Kier alpha value is -3.03. The molecule has 8 heteroatoms. The fraction of sp³-hybridized carbons (Fsp3) is 0.500. The van der Waals surface area contributed by atoms with Crippen LogP contribution in [0.25, 0.3) is 0 Å². The second-order valence-corrected chi connectivity index (χ2v) is 8.29. The number of aromatic nitrogens is 2. The van der Waals surface area contributed by atoms with Gasteiger partial charge in [0, 0.05) is 23.8 Å². The fourth-order valence-corrected chi connectivity index (χ4v) is 4.41. The molecule has 2 amide bonds. The maximum atomic E-state index is 13.1. The molecule has 2 N–H and O–H groups in total. The van der Waals surface area contributed by atoms with Crippen LogP contribution in [0.5, 0.6) is 11.5 Å². The van der Waals surface area contributed by atoms with Crippen molar-refractivity contribution in [2.75, 3.05) is 26.1 Å². The van der Waals surface area contributed by atoms with E-state index in [-0.39, 0.29) is 23.4 Å². The van der Waals surface area contributed by atoms with E-state index in [1.54, 1.807) is 18.2 Å². The van der Waals surface area contributed by atoms with Gasteiger partial charge in [-0.2, -0.15) is 5.10 Å². The zero-order valence-electron chi connectivity index (χ0n) is 17.8. The zero-order valence-corrected chi connectivity index (χ0v) is 17.8. The first-order valence-electron chi connectivity index (χ1n) is 10.4. The van der Waals surface area contributed by atoms with Crippen molar-refractivity contribution >= 4 is 17.5 Å². The Labute approximate surface area is 175 Å². The van der Waals surface area contributed by atoms with E-state index in [0.717, 1.165) is 18.7 Å². The Morgan fingerprint density at radius 1 is 1.20 bits per heavy atom. The summed E-state index contributed by atoms with van der Waals surface area (Å²) in [6.07, 6.45) is 3.43. The van der Waals surface area contributed by atoms with E-state index in [1.165, 1.54) is 27.1 Å². The highest BCUT2D eigenvalue weighted by atomic mass is 16.5. The van der Waals surface area contributed by atoms with Crippen LogP contribution in [0, 0.1) is 5.92 Å². The van der Waals surface area contributed by atoms with E-state index >= 15 is 0 Å². The van der Waals surface area contributed by atoms with Crippen LogP contribution >= 0.6 is 0 Å². The summed E-state index contributed by atoms with van der Waals surface area (Å²) in [4.78, 5) is 27.8. The molecule has 0 radical (unpaired) electrons. The van der Waals surface area contributed by atoms with Gasteiger partial charge in [0.05, 0.1) is 19.9 Å². The van der Waals surface area contributed by atoms with Gasteiger partial charge < -0.3 is 19.7 Å². The second kappa shape index (κ2) is 8.01. The normalized spacial score (nSPS) is 20.0. The summed E-state index contributed by atoms with van der Waals surface area (Å²) in [6.45, 7) is 4.83. The summed E-state index contributed by atoms with van der Waals surface area (Å²) in [5, 5.41) is 9.79. The highest BCUT2D eigenvalue weighted by molar-refractivity contribution is 6.05. The van der Waals surface area contributed by atoms with Crippen molar-refractivity contribution in [3.8, 4) is 11.5 Å². The Morgan fingerprint density at radius 3 is 2.63 bits per heavy atom. The van der Waals surface area contributed by atoms with Gasteiger partial charge in [-0.15, -0.1) is 0 Å². The minimum Gasteiger partial charge on any atom is -0.493 e. The number of ether oxygens (including phenoxy) is 2. The molecule has 30 heavy (non-hydrogen) atoms. The number of nitrogens with zero attached hydrogens (tertiary/aromatic N) is 2. The number of H-pyrrole nitrogens is 1. The number of anilines is 1. The maximum Gasteiger partial charge on any atom is 0.276 e. The molecule has 2 aliphatic rings. The summed E-state index contributed by atoms with van der Waals surface area (Å²) in [5.41, 5.74) is 1.99. The molecule has 2 fully saturated rings. The monoisotopic (exact) mass is 412 g/mol. The number of fused-ring (bicyclic) bond motifs is 1. The first-order chi connectivity index (χ1) is 14.4. The van der Waals surface area contributed by atoms with E-state index in [2.05, 4.69) is 15.5 Å². The molecule has 1 aliphatic heterocycles. The van der Waals surface area contributed by atoms with Gasteiger partial charge in [-0.1, -0.05) is 20.3 Å². The summed E-state index contributed by atoms with van der Waals surface area (Å²) in [7, 11) is 3.01. The standard InChI is InChI=1S/C22H28N4O4/c1-12(2)15-10-17(25-24-15)21(27)23-16-8-14(9-19(29-3)20(16)30-4)22(28)26-11-13-6-5-7-18(13)26/h8-10,12-13,18H,5-7,11H2,1-4H3,(H,23,27)(H,24,25)/t13-,18-/m0/s1. The fourth-order valence-electron chi connectivity index (χ4n) is 4.41. The van der Waals surface area contributed by atoms with E-state index in [0.29, 0.717) is 34.7 Å². The molecular weight excluding hydrogens is 384 g/mol.